The number of hydrogen-bond donors (Lipinski definition) is 0. The highest BCUT2D eigenvalue weighted by molar-refractivity contribution is 7.97. The van der Waals surface area contributed by atoms with Gasteiger partial charge in [-0.15, -0.1) is 0 Å². The van der Waals surface area contributed by atoms with Gasteiger partial charge in [-0.3, -0.25) is 4.79 Å². The molecule has 0 saturated heterocycles. The van der Waals surface area contributed by atoms with E-state index in [0.717, 1.165) is 0 Å². The molecule has 0 aliphatic rings. The fourth-order valence-electron chi connectivity index (χ4n) is 1.41. The number of thioether (sulfide) groups is 1. The Hall–Kier alpha value is -1.62. The predicted octanol–water partition coefficient (Wildman–Crippen LogP) is 2.36. The van der Waals surface area contributed by atoms with E-state index in [1.165, 1.54) is 0 Å². The van der Waals surface area contributed by atoms with E-state index in [2.05, 4.69) is 10.1 Å². The fraction of sp³-hybridized carbons (Fsp3) is 0.250. The Morgan fingerprint density at radius 2 is 2.12 bits per heavy atom. The van der Waals surface area contributed by atoms with Gasteiger partial charge in [0.1, 0.15) is 0 Å². The Morgan fingerprint density at radius 1 is 1.35 bits per heavy atom. The third-order valence-corrected chi connectivity index (χ3v) is 2.74. The highest BCUT2D eigenvalue weighted by atomic mass is 32.2. The van der Waals surface area contributed by atoms with Gasteiger partial charge in [0.25, 0.3) is 0 Å². The molecule has 1 heterocycles. The molecule has 88 valence electrons. The first-order valence-electron chi connectivity index (χ1n) is 5.18. The molecule has 0 aliphatic heterocycles. The van der Waals surface area contributed by atoms with Gasteiger partial charge in [0.15, 0.2) is 11.6 Å². The lowest BCUT2D eigenvalue weighted by molar-refractivity contribution is 0.0983. The lowest BCUT2D eigenvalue weighted by Crippen LogP contribution is -2.03. The van der Waals surface area contributed by atoms with Crippen LogP contribution in [-0.2, 0) is 12.2 Å². The summed E-state index contributed by atoms with van der Waals surface area (Å²) in [6.45, 7) is 0. The second-order valence-corrected chi connectivity index (χ2v) is 4.37. The third kappa shape index (κ3) is 3.17. The van der Waals surface area contributed by atoms with Gasteiger partial charge in [-0.05, 0) is 6.26 Å². The Morgan fingerprint density at radius 3 is 2.82 bits per heavy atom. The lowest BCUT2D eigenvalue weighted by atomic mass is 10.1. The number of nitrogens with zero attached hydrogens (tertiary/aromatic N) is 2. The van der Waals surface area contributed by atoms with Gasteiger partial charge in [-0.1, -0.05) is 35.5 Å². The van der Waals surface area contributed by atoms with Crippen LogP contribution in [0.4, 0.5) is 0 Å². The van der Waals surface area contributed by atoms with E-state index in [4.69, 9.17) is 4.52 Å². The SMILES string of the molecule is CSCc1noc(CC(=O)c2ccccc2)n1. The van der Waals surface area contributed by atoms with Gasteiger partial charge in [-0.2, -0.15) is 16.7 Å². The summed E-state index contributed by atoms with van der Waals surface area (Å²) in [6.07, 6.45) is 2.12. The smallest absolute Gasteiger partial charge is 0.234 e. The molecule has 2 aromatic rings. The van der Waals surface area contributed by atoms with Crippen LogP contribution in [0.3, 0.4) is 0 Å². The van der Waals surface area contributed by atoms with Crippen LogP contribution in [0.2, 0.25) is 0 Å². The van der Waals surface area contributed by atoms with Crippen molar-refractivity contribution in [3.05, 3.63) is 47.6 Å². The number of hydrogen-bond acceptors (Lipinski definition) is 5. The molecule has 0 atom stereocenters. The number of aromatic nitrogens is 2. The van der Waals surface area contributed by atoms with Crippen LogP contribution in [0.5, 0.6) is 0 Å². The minimum atomic E-state index is -0.00930. The molecule has 0 amide bonds. The van der Waals surface area contributed by atoms with E-state index >= 15 is 0 Å². The number of Topliss-reactive ketones (excluding diaryl/α,β-unsaturated/α-hetero) is 1. The van der Waals surface area contributed by atoms with Crippen LogP contribution in [-0.4, -0.2) is 22.2 Å². The molecule has 2 rings (SSSR count). The maximum atomic E-state index is 11.8. The average Bonchev–Trinajstić information content (AvgIpc) is 2.78. The molecule has 1 aromatic heterocycles. The van der Waals surface area contributed by atoms with Gasteiger partial charge >= 0.3 is 0 Å². The van der Waals surface area contributed by atoms with Crippen molar-refractivity contribution in [3.8, 4) is 0 Å². The molecular formula is C12H12N2O2S. The summed E-state index contributed by atoms with van der Waals surface area (Å²) in [4.78, 5) is 16.0. The van der Waals surface area contributed by atoms with Crippen LogP contribution in [0.15, 0.2) is 34.9 Å². The normalized spacial score (nSPS) is 10.4. The molecular weight excluding hydrogens is 236 g/mol. The van der Waals surface area contributed by atoms with Gasteiger partial charge < -0.3 is 4.52 Å². The molecule has 0 unspecified atom stereocenters. The number of carbonyl (C=O) groups is 1. The van der Waals surface area contributed by atoms with Crippen molar-refractivity contribution in [2.24, 2.45) is 0 Å². The summed E-state index contributed by atoms with van der Waals surface area (Å²) in [6, 6.07) is 9.10. The molecule has 4 nitrogen and oxygen atoms in total. The van der Waals surface area contributed by atoms with Crippen molar-refractivity contribution in [2.45, 2.75) is 12.2 Å². The summed E-state index contributed by atoms with van der Waals surface area (Å²) >= 11 is 1.61. The fourth-order valence-corrected chi connectivity index (χ4v) is 1.79. The summed E-state index contributed by atoms with van der Waals surface area (Å²) < 4.78 is 5.01. The first-order valence-corrected chi connectivity index (χ1v) is 6.57. The van der Waals surface area contributed by atoms with Crippen LogP contribution < -0.4 is 0 Å². The van der Waals surface area contributed by atoms with Crippen molar-refractivity contribution in [1.82, 2.24) is 10.1 Å². The van der Waals surface area contributed by atoms with E-state index in [0.29, 0.717) is 23.0 Å². The predicted molar refractivity (Wildman–Crippen MR) is 66.0 cm³/mol. The van der Waals surface area contributed by atoms with Crippen molar-refractivity contribution in [2.75, 3.05) is 6.26 Å². The molecule has 0 bridgehead atoms. The molecule has 0 spiro atoms. The van der Waals surface area contributed by atoms with Crippen LogP contribution in [0.25, 0.3) is 0 Å². The summed E-state index contributed by atoms with van der Waals surface area (Å²) in [5.74, 6) is 1.70. The third-order valence-electron chi connectivity index (χ3n) is 2.19. The van der Waals surface area contributed by atoms with Gasteiger partial charge in [-0.25, -0.2) is 0 Å². The van der Waals surface area contributed by atoms with Crippen LogP contribution in [0, 0.1) is 0 Å². The van der Waals surface area contributed by atoms with Crippen LogP contribution >= 0.6 is 11.8 Å². The van der Waals surface area contributed by atoms with E-state index in [1.54, 1.807) is 23.9 Å². The molecule has 0 fully saturated rings. The van der Waals surface area contributed by atoms with Crippen molar-refractivity contribution < 1.29 is 9.32 Å². The standard InChI is InChI=1S/C12H12N2O2S/c1-17-8-11-13-12(16-14-11)7-10(15)9-5-3-2-4-6-9/h2-6H,7-8H2,1H3. The second kappa shape index (κ2) is 5.63. The van der Waals surface area contributed by atoms with Crippen molar-refractivity contribution in [3.63, 3.8) is 0 Å². The largest absolute Gasteiger partial charge is 0.339 e. The minimum absolute atomic E-state index is 0.00930. The highest BCUT2D eigenvalue weighted by Gasteiger charge is 2.12. The zero-order valence-corrected chi connectivity index (χ0v) is 10.2. The maximum absolute atomic E-state index is 11.8. The average molecular weight is 248 g/mol. The van der Waals surface area contributed by atoms with Gasteiger partial charge in [0, 0.05) is 5.56 Å². The van der Waals surface area contributed by atoms with Crippen molar-refractivity contribution >= 4 is 17.5 Å². The topological polar surface area (TPSA) is 56.0 Å². The first kappa shape index (κ1) is 11.9. The molecule has 17 heavy (non-hydrogen) atoms. The molecule has 1 aromatic carbocycles. The molecule has 0 saturated carbocycles. The summed E-state index contributed by atoms with van der Waals surface area (Å²) in [7, 11) is 0. The molecule has 0 radical (unpaired) electrons. The first-order chi connectivity index (χ1) is 8.29. The summed E-state index contributed by atoms with van der Waals surface area (Å²) in [5.41, 5.74) is 0.664. The van der Waals surface area contributed by atoms with E-state index in [-0.39, 0.29) is 12.2 Å². The Bertz CT molecular complexity index is 496. The lowest BCUT2D eigenvalue weighted by Gasteiger charge is -1.95. The number of rotatable bonds is 5. The van der Waals surface area contributed by atoms with E-state index < -0.39 is 0 Å². The second-order valence-electron chi connectivity index (χ2n) is 3.50. The van der Waals surface area contributed by atoms with Crippen molar-refractivity contribution in [1.29, 1.82) is 0 Å². The Labute approximate surface area is 103 Å². The maximum Gasteiger partial charge on any atom is 0.234 e. The summed E-state index contributed by atoms with van der Waals surface area (Å²) in [5, 5.41) is 3.79. The van der Waals surface area contributed by atoms with Gasteiger partial charge in [0.05, 0.1) is 12.2 Å². The minimum Gasteiger partial charge on any atom is -0.339 e. The quantitative estimate of drug-likeness (QED) is 0.760. The van der Waals surface area contributed by atoms with E-state index in [1.807, 2.05) is 24.5 Å². The molecule has 5 heteroatoms. The number of carbonyl (C=O) groups excluding carboxylic acids is 1. The molecule has 0 N–H and O–H groups in total. The monoisotopic (exact) mass is 248 g/mol. The molecule has 0 aliphatic carbocycles. The Balaban J connectivity index is 2.03. The highest BCUT2D eigenvalue weighted by Crippen LogP contribution is 2.08. The zero-order chi connectivity index (χ0) is 12.1. The zero-order valence-electron chi connectivity index (χ0n) is 9.42. The van der Waals surface area contributed by atoms with Crippen LogP contribution in [0.1, 0.15) is 22.1 Å². The van der Waals surface area contributed by atoms with E-state index in [9.17, 15) is 4.79 Å². The Kier molecular flexibility index (Phi) is 3.93. The number of ketones is 1. The number of benzene rings is 1. The van der Waals surface area contributed by atoms with Gasteiger partial charge in [0.2, 0.25) is 5.89 Å².